The van der Waals surface area contributed by atoms with Crippen LogP contribution in [-0.4, -0.2) is 18.0 Å². The molecule has 4 rings (SSSR count). The molecule has 7 atom stereocenters. The third kappa shape index (κ3) is 1.73. The monoisotopic (exact) mass is 275 g/mol. The molecule has 4 aliphatic carbocycles. The average Bonchev–Trinajstić information content (AvgIpc) is 3.16. The summed E-state index contributed by atoms with van der Waals surface area (Å²) in [5, 5.41) is 11.3. The van der Waals surface area contributed by atoms with E-state index >= 15 is 0 Å². The fourth-order valence-electron chi connectivity index (χ4n) is 5.02. The van der Waals surface area contributed by atoms with Gasteiger partial charge in [-0.05, 0) is 55.8 Å². The SMILES string of the molecule is O=C([O-])[C@@H]1[C@@H](C(=O)O[C@@H]2C[C@H]3CC[C@H]2C3)[C@H]2C=C[C@H]1C2. The van der Waals surface area contributed by atoms with Crippen LogP contribution in [0.25, 0.3) is 0 Å². The lowest BCUT2D eigenvalue weighted by Crippen LogP contribution is -2.42. The largest absolute Gasteiger partial charge is 0.550 e. The number of hydrogen-bond donors (Lipinski definition) is 0. The number of carboxylic acids is 1. The van der Waals surface area contributed by atoms with Gasteiger partial charge >= 0.3 is 5.97 Å². The Labute approximate surface area is 118 Å². The number of carboxylic acid groups (broad SMARTS) is 1. The molecule has 0 aliphatic heterocycles. The van der Waals surface area contributed by atoms with Crippen molar-refractivity contribution in [2.45, 2.75) is 38.2 Å². The molecule has 3 fully saturated rings. The van der Waals surface area contributed by atoms with E-state index in [9.17, 15) is 14.7 Å². The zero-order valence-corrected chi connectivity index (χ0v) is 11.4. The van der Waals surface area contributed by atoms with Crippen LogP contribution in [0.2, 0.25) is 0 Å². The molecule has 4 nitrogen and oxygen atoms in total. The molecule has 0 N–H and O–H groups in total. The van der Waals surface area contributed by atoms with Crippen molar-refractivity contribution >= 4 is 11.9 Å². The van der Waals surface area contributed by atoms with Crippen LogP contribution in [0.1, 0.15) is 32.1 Å². The molecule has 4 heteroatoms. The van der Waals surface area contributed by atoms with Crippen molar-refractivity contribution < 1.29 is 19.4 Å². The van der Waals surface area contributed by atoms with Crippen LogP contribution in [0.5, 0.6) is 0 Å². The molecule has 0 spiro atoms. The molecule has 0 amide bonds. The lowest BCUT2D eigenvalue weighted by molar-refractivity contribution is -0.314. The topological polar surface area (TPSA) is 66.4 Å². The Bertz CT molecular complexity index is 483. The number of aliphatic carboxylic acids is 1. The third-order valence-electron chi connectivity index (χ3n) is 5.94. The molecule has 0 unspecified atom stereocenters. The van der Waals surface area contributed by atoms with Crippen LogP contribution in [0.3, 0.4) is 0 Å². The van der Waals surface area contributed by atoms with E-state index in [4.69, 9.17) is 4.74 Å². The lowest BCUT2D eigenvalue weighted by atomic mass is 9.83. The van der Waals surface area contributed by atoms with Gasteiger partial charge in [-0.2, -0.15) is 0 Å². The van der Waals surface area contributed by atoms with E-state index in [0.717, 1.165) is 25.2 Å². The van der Waals surface area contributed by atoms with Gasteiger partial charge in [0.15, 0.2) is 0 Å². The van der Waals surface area contributed by atoms with E-state index in [1.165, 1.54) is 12.8 Å². The highest BCUT2D eigenvalue weighted by Gasteiger charge is 2.51. The summed E-state index contributed by atoms with van der Waals surface area (Å²) in [6.45, 7) is 0. The molecule has 0 aromatic heterocycles. The third-order valence-corrected chi connectivity index (χ3v) is 5.94. The molecule has 20 heavy (non-hydrogen) atoms. The van der Waals surface area contributed by atoms with Gasteiger partial charge in [0, 0.05) is 11.9 Å². The first-order valence-electron chi connectivity index (χ1n) is 7.73. The highest BCUT2D eigenvalue weighted by atomic mass is 16.5. The Kier molecular flexibility index (Phi) is 2.69. The smallest absolute Gasteiger partial charge is 0.310 e. The first-order chi connectivity index (χ1) is 9.63. The van der Waals surface area contributed by atoms with E-state index in [1.54, 1.807) is 0 Å². The van der Waals surface area contributed by atoms with Gasteiger partial charge in [0.2, 0.25) is 0 Å². The van der Waals surface area contributed by atoms with Crippen LogP contribution >= 0.6 is 0 Å². The Morgan fingerprint density at radius 2 is 1.75 bits per heavy atom. The summed E-state index contributed by atoms with van der Waals surface area (Å²) in [7, 11) is 0. The highest BCUT2D eigenvalue weighted by Crippen LogP contribution is 2.50. The van der Waals surface area contributed by atoms with Gasteiger partial charge in [-0.1, -0.05) is 12.2 Å². The maximum Gasteiger partial charge on any atom is 0.310 e. The summed E-state index contributed by atoms with van der Waals surface area (Å²) in [5.41, 5.74) is 0. The number of rotatable bonds is 3. The van der Waals surface area contributed by atoms with Gasteiger partial charge in [-0.25, -0.2) is 0 Å². The average molecular weight is 275 g/mol. The summed E-state index contributed by atoms with van der Waals surface area (Å²) in [5.74, 6) is -1.37. The first-order valence-corrected chi connectivity index (χ1v) is 7.73. The van der Waals surface area contributed by atoms with Crippen LogP contribution < -0.4 is 5.11 Å². The van der Waals surface area contributed by atoms with Gasteiger partial charge in [0.05, 0.1) is 5.92 Å². The Hall–Kier alpha value is -1.32. The van der Waals surface area contributed by atoms with Crippen molar-refractivity contribution in [3.63, 3.8) is 0 Å². The second kappa shape index (κ2) is 4.34. The second-order valence-corrected chi connectivity index (χ2v) is 6.97. The summed E-state index contributed by atoms with van der Waals surface area (Å²) in [6.07, 6.45) is 9.27. The zero-order valence-electron chi connectivity index (χ0n) is 11.4. The van der Waals surface area contributed by atoms with E-state index in [0.29, 0.717) is 5.92 Å². The molecule has 4 aliphatic rings. The molecule has 3 saturated carbocycles. The van der Waals surface area contributed by atoms with Crippen LogP contribution in [0.15, 0.2) is 12.2 Å². The molecular formula is C16H19O4-. The number of esters is 1. The van der Waals surface area contributed by atoms with Gasteiger partial charge in [-0.3, -0.25) is 4.79 Å². The molecule has 108 valence electrons. The second-order valence-electron chi connectivity index (χ2n) is 6.97. The zero-order chi connectivity index (χ0) is 13.9. The van der Waals surface area contributed by atoms with Crippen molar-refractivity contribution in [2.75, 3.05) is 0 Å². The summed E-state index contributed by atoms with van der Waals surface area (Å²) >= 11 is 0. The summed E-state index contributed by atoms with van der Waals surface area (Å²) in [6, 6.07) is 0. The van der Waals surface area contributed by atoms with Crippen molar-refractivity contribution in [3.05, 3.63) is 12.2 Å². The van der Waals surface area contributed by atoms with E-state index in [1.807, 2.05) is 12.2 Å². The Morgan fingerprint density at radius 1 is 1.00 bits per heavy atom. The van der Waals surface area contributed by atoms with Crippen LogP contribution in [-0.2, 0) is 14.3 Å². The Balaban J connectivity index is 1.48. The number of hydrogen-bond acceptors (Lipinski definition) is 4. The van der Waals surface area contributed by atoms with Crippen molar-refractivity contribution in [1.82, 2.24) is 0 Å². The van der Waals surface area contributed by atoms with E-state index in [2.05, 4.69) is 0 Å². The lowest BCUT2D eigenvalue weighted by Gasteiger charge is -2.30. The minimum Gasteiger partial charge on any atom is -0.550 e. The van der Waals surface area contributed by atoms with Crippen molar-refractivity contribution in [3.8, 4) is 0 Å². The van der Waals surface area contributed by atoms with Gasteiger partial charge in [0.1, 0.15) is 6.10 Å². The number of ether oxygens (including phenoxy) is 1. The molecule has 0 aromatic carbocycles. The number of fused-ring (bicyclic) bond motifs is 4. The van der Waals surface area contributed by atoms with Crippen molar-refractivity contribution in [2.24, 2.45) is 35.5 Å². The fourth-order valence-corrected chi connectivity index (χ4v) is 5.02. The van der Waals surface area contributed by atoms with Gasteiger partial charge in [-0.15, -0.1) is 0 Å². The molecule has 0 aromatic rings. The summed E-state index contributed by atoms with van der Waals surface area (Å²) < 4.78 is 5.70. The molecule has 0 radical (unpaired) electrons. The highest BCUT2D eigenvalue weighted by molar-refractivity contribution is 5.82. The maximum absolute atomic E-state index is 12.4. The molecule has 0 saturated heterocycles. The first kappa shape index (κ1) is 12.4. The van der Waals surface area contributed by atoms with E-state index in [-0.39, 0.29) is 23.9 Å². The predicted octanol–water partition coefficient (Wildman–Crippen LogP) is 0.906. The van der Waals surface area contributed by atoms with Crippen LogP contribution in [0, 0.1) is 35.5 Å². The number of carbonyl (C=O) groups excluding carboxylic acids is 2. The van der Waals surface area contributed by atoms with Gasteiger partial charge < -0.3 is 14.6 Å². The fraction of sp³-hybridized carbons (Fsp3) is 0.750. The maximum atomic E-state index is 12.4. The van der Waals surface area contributed by atoms with E-state index < -0.39 is 17.8 Å². The normalized spacial score (nSPS) is 47.9. The molecular weight excluding hydrogens is 256 g/mol. The number of carbonyl (C=O) groups is 2. The predicted molar refractivity (Wildman–Crippen MR) is 68.1 cm³/mol. The minimum atomic E-state index is -1.10. The quantitative estimate of drug-likeness (QED) is 0.567. The molecule has 4 bridgehead atoms. The molecule has 0 heterocycles. The van der Waals surface area contributed by atoms with Crippen LogP contribution in [0.4, 0.5) is 0 Å². The Morgan fingerprint density at radius 3 is 2.35 bits per heavy atom. The standard InChI is InChI=1S/C16H20O4/c17-15(18)13-10-3-4-11(7-10)14(13)16(19)20-12-6-8-1-2-9(12)5-8/h3-4,8-14H,1-2,5-7H2,(H,17,18)/p-1/t8-,9-,10-,11-,12+,13-,14-/m0/s1. The van der Waals surface area contributed by atoms with Crippen molar-refractivity contribution in [1.29, 1.82) is 0 Å². The minimum absolute atomic E-state index is 0.0340. The summed E-state index contributed by atoms with van der Waals surface area (Å²) in [4.78, 5) is 23.8. The van der Waals surface area contributed by atoms with Gasteiger partial charge in [0.25, 0.3) is 0 Å². The number of allylic oxidation sites excluding steroid dienone is 2.